The molecule has 6 heteroatoms. The van der Waals surface area contributed by atoms with Crippen LogP contribution in [0.2, 0.25) is 10.0 Å². The molecule has 1 amide bonds. The Kier molecular flexibility index (Phi) is 6.22. The minimum Gasteiger partial charge on any atom is -0.379 e. The molecule has 3 unspecified atom stereocenters. The van der Waals surface area contributed by atoms with Crippen molar-refractivity contribution in [2.75, 3.05) is 32.8 Å². The van der Waals surface area contributed by atoms with Crippen LogP contribution in [0, 0.1) is 5.92 Å². The zero-order valence-corrected chi connectivity index (χ0v) is 17.1. The lowest BCUT2D eigenvalue weighted by Gasteiger charge is -2.35. The summed E-state index contributed by atoms with van der Waals surface area (Å²) in [5, 5.41) is 4.64. The van der Waals surface area contributed by atoms with Crippen LogP contribution in [0.5, 0.6) is 0 Å². The van der Waals surface area contributed by atoms with Gasteiger partial charge >= 0.3 is 0 Å². The van der Waals surface area contributed by atoms with Crippen molar-refractivity contribution >= 4 is 29.1 Å². The zero-order chi connectivity index (χ0) is 19.5. The molecule has 148 valence electrons. The Morgan fingerprint density at radius 2 is 1.82 bits per heavy atom. The second-order valence-electron chi connectivity index (χ2n) is 7.43. The molecule has 4 nitrogen and oxygen atoms in total. The van der Waals surface area contributed by atoms with Gasteiger partial charge in [-0.3, -0.25) is 9.69 Å². The molecule has 0 radical (unpaired) electrons. The van der Waals surface area contributed by atoms with Gasteiger partial charge in [0.15, 0.2) is 0 Å². The number of ether oxygens (including phenoxy) is 1. The first kappa shape index (κ1) is 19.7. The maximum Gasteiger partial charge on any atom is 0.223 e. The fourth-order valence-corrected chi connectivity index (χ4v) is 4.37. The molecule has 0 aromatic heterocycles. The molecule has 4 rings (SSSR count). The summed E-state index contributed by atoms with van der Waals surface area (Å²) in [6.45, 7) is 3.72. The number of carbonyl (C=O) groups excluding carboxylic acids is 1. The van der Waals surface area contributed by atoms with Gasteiger partial charge in [0.25, 0.3) is 0 Å². The zero-order valence-electron chi connectivity index (χ0n) is 15.6. The first-order valence-electron chi connectivity index (χ1n) is 9.73. The van der Waals surface area contributed by atoms with Crippen LogP contribution in [0.4, 0.5) is 0 Å². The van der Waals surface area contributed by atoms with Gasteiger partial charge < -0.3 is 10.1 Å². The Morgan fingerprint density at radius 1 is 1.11 bits per heavy atom. The number of carbonyl (C=O) groups is 1. The summed E-state index contributed by atoms with van der Waals surface area (Å²) >= 11 is 12.3. The average Bonchev–Trinajstić information content (AvgIpc) is 3.51. The highest BCUT2D eigenvalue weighted by atomic mass is 35.5. The molecule has 3 atom stereocenters. The Hall–Kier alpha value is -1.59. The highest BCUT2D eigenvalue weighted by molar-refractivity contribution is 6.31. The Labute approximate surface area is 175 Å². The highest BCUT2D eigenvalue weighted by Gasteiger charge is 2.44. The second kappa shape index (κ2) is 8.83. The van der Waals surface area contributed by atoms with Crippen molar-refractivity contribution < 1.29 is 9.53 Å². The fourth-order valence-electron chi connectivity index (χ4n) is 3.96. The smallest absolute Gasteiger partial charge is 0.223 e. The van der Waals surface area contributed by atoms with E-state index in [2.05, 4.69) is 10.2 Å². The number of nitrogens with one attached hydrogen (secondary N) is 1. The van der Waals surface area contributed by atoms with E-state index in [4.69, 9.17) is 27.9 Å². The number of rotatable bonds is 6. The van der Waals surface area contributed by atoms with Gasteiger partial charge in [-0.2, -0.15) is 0 Å². The normalized spacial score (nSPS) is 23.2. The molecule has 0 spiro atoms. The summed E-state index contributed by atoms with van der Waals surface area (Å²) in [5.41, 5.74) is 2.23. The minimum absolute atomic E-state index is 0.00968. The lowest BCUT2D eigenvalue weighted by molar-refractivity contribution is -0.122. The molecule has 1 aliphatic heterocycles. The Balaban J connectivity index is 1.40. The monoisotopic (exact) mass is 418 g/mol. The van der Waals surface area contributed by atoms with Crippen LogP contribution in [0.25, 0.3) is 0 Å². The Morgan fingerprint density at radius 3 is 2.54 bits per heavy atom. The van der Waals surface area contributed by atoms with Crippen molar-refractivity contribution in [1.82, 2.24) is 10.2 Å². The molecule has 2 aromatic carbocycles. The predicted octanol–water partition coefficient (Wildman–Crippen LogP) is 4.29. The molecule has 1 N–H and O–H groups in total. The number of nitrogens with zero attached hydrogens (tertiary/aromatic N) is 1. The van der Waals surface area contributed by atoms with Crippen LogP contribution < -0.4 is 5.32 Å². The molecule has 1 heterocycles. The van der Waals surface area contributed by atoms with E-state index in [9.17, 15) is 4.79 Å². The lowest BCUT2D eigenvalue weighted by atomic mass is 10.0. The number of benzene rings is 2. The van der Waals surface area contributed by atoms with E-state index in [1.165, 1.54) is 0 Å². The van der Waals surface area contributed by atoms with Gasteiger partial charge in [-0.05, 0) is 41.7 Å². The van der Waals surface area contributed by atoms with Gasteiger partial charge in [0.2, 0.25) is 5.91 Å². The van der Waals surface area contributed by atoms with Crippen LogP contribution >= 0.6 is 23.2 Å². The minimum atomic E-state index is 0.00968. The first-order chi connectivity index (χ1) is 13.6. The highest BCUT2D eigenvalue weighted by Crippen LogP contribution is 2.49. The van der Waals surface area contributed by atoms with Crippen LogP contribution in [0.1, 0.15) is 29.5 Å². The largest absolute Gasteiger partial charge is 0.379 e. The fraction of sp³-hybridized carbons (Fsp3) is 0.409. The van der Waals surface area contributed by atoms with E-state index in [1.54, 1.807) is 0 Å². The Bertz CT molecular complexity index is 822. The van der Waals surface area contributed by atoms with Gasteiger partial charge in [-0.25, -0.2) is 0 Å². The van der Waals surface area contributed by atoms with Crippen LogP contribution in [-0.4, -0.2) is 43.7 Å². The van der Waals surface area contributed by atoms with E-state index in [0.29, 0.717) is 11.6 Å². The quantitative estimate of drug-likeness (QED) is 0.760. The van der Waals surface area contributed by atoms with Crippen LogP contribution in [-0.2, 0) is 9.53 Å². The molecule has 2 fully saturated rings. The summed E-state index contributed by atoms with van der Waals surface area (Å²) in [4.78, 5) is 15.1. The molecule has 1 aliphatic carbocycles. The molecule has 0 bridgehead atoms. The summed E-state index contributed by atoms with van der Waals surface area (Å²) in [6.07, 6.45) is 0.860. The number of morpholine rings is 1. The standard InChI is InChI=1S/C22H24Cl2N2O2/c23-16-7-5-15(6-8-16)21(26-9-11-28-12-10-26)14-25-22(27)19-13-18(19)17-3-1-2-4-20(17)24/h1-8,18-19,21H,9-14H2,(H,25,27). The van der Waals surface area contributed by atoms with Crippen LogP contribution in [0.3, 0.4) is 0 Å². The predicted molar refractivity (Wildman–Crippen MR) is 112 cm³/mol. The van der Waals surface area contributed by atoms with Gasteiger partial charge in [0.1, 0.15) is 0 Å². The SMILES string of the molecule is O=C(NCC(c1ccc(Cl)cc1)N1CCOCC1)C1CC1c1ccccc1Cl. The van der Waals surface area contributed by atoms with E-state index >= 15 is 0 Å². The molecular weight excluding hydrogens is 395 g/mol. The number of amides is 1. The third kappa shape index (κ3) is 4.52. The molecule has 1 saturated carbocycles. The van der Waals surface area contributed by atoms with Gasteiger partial charge in [0.05, 0.1) is 19.3 Å². The van der Waals surface area contributed by atoms with Crippen LogP contribution in [0.15, 0.2) is 48.5 Å². The van der Waals surface area contributed by atoms with Gasteiger partial charge in [-0.15, -0.1) is 0 Å². The summed E-state index contributed by atoms with van der Waals surface area (Å²) in [6, 6.07) is 15.8. The van der Waals surface area contributed by atoms with E-state index in [1.807, 2.05) is 48.5 Å². The molecule has 28 heavy (non-hydrogen) atoms. The number of hydrogen-bond acceptors (Lipinski definition) is 3. The third-order valence-corrected chi connectivity index (χ3v) is 6.24. The second-order valence-corrected chi connectivity index (χ2v) is 8.27. The van der Waals surface area contributed by atoms with Crippen molar-refractivity contribution in [3.63, 3.8) is 0 Å². The van der Waals surface area contributed by atoms with Gasteiger partial charge in [-0.1, -0.05) is 53.5 Å². The average molecular weight is 419 g/mol. The van der Waals surface area contributed by atoms with Crippen molar-refractivity contribution in [2.24, 2.45) is 5.92 Å². The third-order valence-electron chi connectivity index (χ3n) is 5.64. The summed E-state index contributed by atoms with van der Waals surface area (Å²) in [7, 11) is 0. The van der Waals surface area contributed by atoms with E-state index in [-0.39, 0.29) is 23.8 Å². The van der Waals surface area contributed by atoms with E-state index in [0.717, 1.165) is 48.9 Å². The maximum absolute atomic E-state index is 12.8. The first-order valence-corrected chi connectivity index (χ1v) is 10.5. The topological polar surface area (TPSA) is 41.6 Å². The molecule has 1 saturated heterocycles. The maximum atomic E-state index is 12.8. The van der Waals surface area contributed by atoms with Crippen molar-refractivity contribution in [3.05, 3.63) is 69.7 Å². The molecule has 2 aliphatic rings. The summed E-state index contributed by atoms with van der Waals surface area (Å²) in [5.74, 6) is 0.346. The van der Waals surface area contributed by atoms with Crippen molar-refractivity contribution in [2.45, 2.75) is 18.4 Å². The van der Waals surface area contributed by atoms with Crippen molar-refractivity contribution in [1.29, 1.82) is 0 Å². The van der Waals surface area contributed by atoms with Gasteiger partial charge in [0, 0.05) is 35.6 Å². The number of halogens is 2. The molecule has 2 aromatic rings. The molecular formula is C22H24Cl2N2O2. The van der Waals surface area contributed by atoms with Crippen molar-refractivity contribution in [3.8, 4) is 0 Å². The summed E-state index contributed by atoms with van der Waals surface area (Å²) < 4.78 is 5.49. The lowest BCUT2D eigenvalue weighted by Crippen LogP contribution is -2.44. The van der Waals surface area contributed by atoms with E-state index < -0.39 is 0 Å². The number of hydrogen-bond donors (Lipinski definition) is 1.